The van der Waals surface area contributed by atoms with Gasteiger partial charge in [0.05, 0.1) is 2.74 Å². The number of hydrogen-bond donors (Lipinski definition) is 1. The van der Waals surface area contributed by atoms with Gasteiger partial charge in [-0.25, -0.2) is 0 Å². The van der Waals surface area contributed by atoms with Gasteiger partial charge in [-0.05, 0) is 5.53 Å². The molecule has 0 bridgehead atoms. The molecule has 0 atom stereocenters. The second-order valence-electron chi connectivity index (χ2n) is 0.547. The van der Waals surface area contributed by atoms with Crippen molar-refractivity contribution in [3.05, 3.63) is 10.4 Å². The van der Waals surface area contributed by atoms with Crippen LogP contribution in [-0.4, -0.2) is 18.2 Å². The monoisotopic (exact) mass is 89.1 g/mol. The van der Waals surface area contributed by atoms with Gasteiger partial charge < -0.3 is 5.11 Å². The predicted molar refractivity (Wildman–Crippen MR) is 21.1 cm³/mol. The van der Waals surface area contributed by atoms with Gasteiger partial charge in [0, 0.05) is 18.0 Å². The molecule has 0 radical (unpaired) electrons. The lowest BCUT2D eigenvalue weighted by atomic mass is 10.8. The van der Waals surface area contributed by atoms with Crippen LogP contribution in [0, 0.1) is 0 Å². The Morgan fingerprint density at radius 1 is 2.17 bits per heavy atom. The predicted octanol–water partition coefficient (Wildman–Crippen LogP) is 0.289. The molecule has 0 saturated carbocycles. The average Bonchev–Trinajstić information content (AvgIpc) is 1.59. The summed E-state index contributed by atoms with van der Waals surface area (Å²) in [7, 11) is 0. The van der Waals surface area contributed by atoms with Crippen molar-refractivity contribution >= 4 is 0 Å². The molecule has 0 rings (SSSR count). The third-order valence-corrected chi connectivity index (χ3v) is 0.205. The molecular formula is C2H5N3O. The van der Waals surface area contributed by atoms with Crippen LogP contribution in [-0.2, 0) is 0 Å². The Bertz CT molecular complexity index is 113. The van der Waals surface area contributed by atoms with Crippen LogP contribution in [0.5, 0.6) is 0 Å². The third kappa shape index (κ3) is 3.27. The fourth-order valence-corrected chi connectivity index (χ4v) is 0.0632. The van der Waals surface area contributed by atoms with Crippen LogP contribution in [0.3, 0.4) is 0 Å². The molecule has 0 aliphatic heterocycles. The van der Waals surface area contributed by atoms with Crippen LogP contribution in [0.2, 0.25) is 0 Å². The zero-order valence-corrected chi connectivity index (χ0v) is 3.00. The first-order chi connectivity index (χ1) is 3.56. The zero-order valence-electron chi connectivity index (χ0n) is 5.00. The van der Waals surface area contributed by atoms with E-state index in [-0.39, 0.29) is 0 Å². The van der Waals surface area contributed by atoms with Crippen LogP contribution in [0.4, 0.5) is 0 Å². The maximum Gasteiger partial charge on any atom is 0.0565 e. The second-order valence-corrected chi connectivity index (χ2v) is 0.547. The van der Waals surface area contributed by atoms with Crippen molar-refractivity contribution in [3.8, 4) is 0 Å². The highest BCUT2D eigenvalue weighted by molar-refractivity contribution is 4.40. The molecule has 0 fully saturated rings. The zero-order chi connectivity index (χ0) is 6.62. The number of aliphatic hydroxyl groups is 1. The number of hydrogen-bond acceptors (Lipinski definition) is 2. The van der Waals surface area contributed by atoms with E-state index in [4.69, 9.17) is 13.4 Å². The summed E-state index contributed by atoms with van der Waals surface area (Å²) < 4.78 is 12.8. The van der Waals surface area contributed by atoms with Crippen LogP contribution in [0.15, 0.2) is 5.11 Å². The summed E-state index contributed by atoms with van der Waals surface area (Å²) in [6.45, 7) is -2.91. The van der Waals surface area contributed by atoms with Crippen LogP contribution >= 0.6 is 0 Å². The smallest absolute Gasteiger partial charge is 0.0565 e. The van der Waals surface area contributed by atoms with Crippen molar-refractivity contribution < 1.29 is 7.85 Å². The van der Waals surface area contributed by atoms with Crippen molar-refractivity contribution in [1.29, 1.82) is 0 Å². The quantitative estimate of drug-likeness (QED) is 0.295. The van der Waals surface area contributed by atoms with Crippen molar-refractivity contribution in [2.45, 2.75) is 0 Å². The second kappa shape index (κ2) is 4.27. The van der Waals surface area contributed by atoms with Gasteiger partial charge in [0.25, 0.3) is 0 Å². The van der Waals surface area contributed by atoms with E-state index in [1.807, 2.05) is 0 Å². The molecule has 0 aliphatic rings. The van der Waals surface area contributed by atoms with Gasteiger partial charge in [-0.3, -0.25) is 0 Å². The van der Waals surface area contributed by atoms with Gasteiger partial charge in [0.15, 0.2) is 0 Å². The minimum atomic E-state index is -2.37. The number of rotatable bonds is 2. The maximum absolute atomic E-state index is 8.22. The molecular weight excluding hydrogens is 82.0 g/mol. The Morgan fingerprint density at radius 2 is 2.83 bits per heavy atom. The number of nitrogens with zero attached hydrogens (tertiary/aromatic N) is 3. The molecule has 0 aliphatic carbocycles. The van der Waals surface area contributed by atoms with E-state index in [1.54, 1.807) is 0 Å². The van der Waals surface area contributed by atoms with E-state index in [0.29, 0.717) is 0 Å². The molecule has 6 heavy (non-hydrogen) atoms. The molecule has 0 amide bonds. The van der Waals surface area contributed by atoms with Crippen molar-refractivity contribution in [1.82, 2.24) is 0 Å². The minimum Gasteiger partial charge on any atom is -0.396 e. The first kappa shape index (κ1) is 2.44. The molecule has 0 aromatic carbocycles. The standard InChI is InChI=1S/C2H5N3O/c3-5-4-1-2-6/h6H,1-2H2/i2D2. The van der Waals surface area contributed by atoms with Crippen molar-refractivity contribution in [2.24, 2.45) is 5.11 Å². The van der Waals surface area contributed by atoms with Gasteiger partial charge in [-0.1, -0.05) is 5.11 Å². The van der Waals surface area contributed by atoms with E-state index < -0.39 is 13.1 Å². The molecule has 0 aromatic rings. The van der Waals surface area contributed by atoms with Crippen molar-refractivity contribution in [3.63, 3.8) is 0 Å². The first-order valence-electron chi connectivity index (χ1n) is 2.29. The Labute approximate surface area is 37.8 Å². The summed E-state index contributed by atoms with van der Waals surface area (Å²) >= 11 is 0. The number of azide groups is 1. The summed E-state index contributed by atoms with van der Waals surface area (Å²) in [4.78, 5) is 2.25. The summed E-state index contributed by atoms with van der Waals surface area (Å²) in [5.41, 5.74) is 7.61. The first-order valence-corrected chi connectivity index (χ1v) is 1.29. The van der Waals surface area contributed by atoms with Gasteiger partial charge in [-0.2, -0.15) is 0 Å². The molecule has 0 heterocycles. The van der Waals surface area contributed by atoms with Crippen LogP contribution in [0.1, 0.15) is 2.74 Å². The summed E-state index contributed by atoms with van der Waals surface area (Å²) in [5, 5.41) is 11.0. The Balaban J connectivity index is 3.55. The average molecular weight is 89.1 g/mol. The maximum atomic E-state index is 8.22. The highest BCUT2D eigenvalue weighted by Crippen LogP contribution is 1.63. The fourth-order valence-electron chi connectivity index (χ4n) is 0.0632. The molecule has 4 heteroatoms. The van der Waals surface area contributed by atoms with Gasteiger partial charge in [-0.15, -0.1) is 0 Å². The third-order valence-electron chi connectivity index (χ3n) is 0.205. The largest absolute Gasteiger partial charge is 0.396 e. The Hall–Kier alpha value is -0.730. The summed E-state index contributed by atoms with van der Waals surface area (Å²) in [6, 6.07) is 0. The van der Waals surface area contributed by atoms with E-state index in [1.165, 1.54) is 0 Å². The van der Waals surface area contributed by atoms with Crippen LogP contribution < -0.4 is 0 Å². The highest BCUT2D eigenvalue weighted by Gasteiger charge is 1.66. The lowest BCUT2D eigenvalue weighted by Crippen LogP contribution is -1.82. The lowest BCUT2D eigenvalue weighted by Gasteiger charge is -1.72. The molecule has 1 N–H and O–H groups in total. The van der Waals surface area contributed by atoms with Crippen LogP contribution in [0.25, 0.3) is 10.4 Å². The van der Waals surface area contributed by atoms with Gasteiger partial charge >= 0.3 is 0 Å². The summed E-state index contributed by atoms with van der Waals surface area (Å²) in [6.07, 6.45) is 0. The van der Waals surface area contributed by atoms with E-state index in [0.717, 1.165) is 0 Å². The molecule has 34 valence electrons. The molecule has 4 nitrogen and oxygen atoms in total. The minimum absolute atomic E-state index is 0.538. The van der Waals surface area contributed by atoms with E-state index in [9.17, 15) is 0 Å². The van der Waals surface area contributed by atoms with Gasteiger partial charge in [0.2, 0.25) is 0 Å². The molecule has 0 unspecified atom stereocenters. The topological polar surface area (TPSA) is 69.0 Å². The highest BCUT2D eigenvalue weighted by atomic mass is 16.3. The summed E-state index contributed by atoms with van der Waals surface area (Å²) in [5.74, 6) is 0. The fraction of sp³-hybridized carbons (Fsp3) is 1.00. The molecule has 0 aromatic heterocycles. The Morgan fingerprint density at radius 3 is 3.00 bits per heavy atom. The lowest BCUT2D eigenvalue weighted by molar-refractivity contribution is 0.306. The normalized spacial score (nSPS) is 14.2. The SMILES string of the molecule is [2H]C([2H])(O)CN=[N+]=[N-]. The van der Waals surface area contributed by atoms with E-state index in [2.05, 4.69) is 10.0 Å². The van der Waals surface area contributed by atoms with E-state index >= 15 is 0 Å². The molecule has 0 spiro atoms. The Kier molecular flexibility index (Phi) is 1.74. The van der Waals surface area contributed by atoms with Gasteiger partial charge in [0.1, 0.15) is 0 Å². The molecule has 0 saturated heterocycles. The van der Waals surface area contributed by atoms with Crippen molar-refractivity contribution in [2.75, 3.05) is 13.1 Å².